The van der Waals surface area contributed by atoms with Crippen molar-refractivity contribution in [3.63, 3.8) is 0 Å². The van der Waals surface area contributed by atoms with Crippen molar-refractivity contribution >= 4 is 0 Å². The van der Waals surface area contributed by atoms with Crippen LogP contribution in [-0.2, 0) is 6.54 Å². The summed E-state index contributed by atoms with van der Waals surface area (Å²) in [4.78, 5) is 0. The summed E-state index contributed by atoms with van der Waals surface area (Å²) in [6.07, 6.45) is 2.19. The Morgan fingerprint density at radius 2 is 2.11 bits per heavy atom. The van der Waals surface area contributed by atoms with Gasteiger partial charge in [0.05, 0.1) is 6.61 Å². The maximum atomic E-state index is 13.2. The van der Waals surface area contributed by atoms with Crippen LogP contribution in [0.3, 0.4) is 0 Å². The maximum Gasteiger partial charge on any atom is 0.123 e. The fraction of sp³-hybridized carbons (Fsp3) is 0.600. The van der Waals surface area contributed by atoms with Crippen LogP contribution in [0.15, 0.2) is 18.2 Å². The van der Waals surface area contributed by atoms with Crippen LogP contribution < -0.4 is 10.1 Å². The van der Waals surface area contributed by atoms with Gasteiger partial charge in [0, 0.05) is 12.1 Å². The van der Waals surface area contributed by atoms with Gasteiger partial charge in [0.15, 0.2) is 0 Å². The molecule has 0 heterocycles. The zero-order valence-corrected chi connectivity index (χ0v) is 11.6. The molecular formula is C15H24FNO. The summed E-state index contributed by atoms with van der Waals surface area (Å²) in [6.45, 7) is 8.64. The van der Waals surface area contributed by atoms with E-state index < -0.39 is 0 Å². The van der Waals surface area contributed by atoms with E-state index in [0.717, 1.165) is 30.7 Å². The third-order valence-corrected chi connectivity index (χ3v) is 2.77. The Morgan fingerprint density at radius 1 is 1.33 bits per heavy atom. The van der Waals surface area contributed by atoms with Crippen LogP contribution in [-0.4, -0.2) is 13.2 Å². The molecule has 0 fully saturated rings. The lowest BCUT2D eigenvalue weighted by Gasteiger charge is -2.12. The summed E-state index contributed by atoms with van der Waals surface area (Å²) in [6, 6.07) is 4.71. The molecule has 2 nitrogen and oxygen atoms in total. The van der Waals surface area contributed by atoms with Crippen LogP contribution >= 0.6 is 0 Å². The summed E-state index contributed by atoms with van der Waals surface area (Å²) in [5, 5.41) is 3.19. The van der Waals surface area contributed by atoms with E-state index in [1.165, 1.54) is 6.07 Å². The van der Waals surface area contributed by atoms with Crippen LogP contribution in [0.1, 0.15) is 39.2 Å². The first-order chi connectivity index (χ1) is 8.63. The van der Waals surface area contributed by atoms with E-state index in [1.54, 1.807) is 12.1 Å². The van der Waals surface area contributed by atoms with E-state index >= 15 is 0 Å². The van der Waals surface area contributed by atoms with E-state index in [1.807, 2.05) is 6.92 Å². The standard InChI is InChI=1S/C15H24FNO/c1-4-17-11-13-10-14(16)7-8-15(13)18-9-5-6-12(2)3/h7-8,10,12,17H,4-6,9,11H2,1-3H3. The number of ether oxygens (including phenoxy) is 1. The van der Waals surface area contributed by atoms with Gasteiger partial charge in [-0.2, -0.15) is 0 Å². The van der Waals surface area contributed by atoms with Crippen molar-refractivity contribution in [2.24, 2.45) is 5.92 Å². The summed E-state index contributed by atoms with van der Waals surface area (Å²) >= 11 is 0. The monoisotopic (exact) mass is 253 g/mol. The number of rotatable bonds is 8. The minimum atomic E-state index is -0.211. The average molecular weight is 253 g/mol. The number of nitrogens with one attached hydrogen (secondary N) is 1. The summed E-state index contributed by atoms with van der Waals surface area (Å²) in [5.41, 5.74) is 0.890. The Morgan fingerprint density at radius 3 is 2.78 bits per heavy atom. The number of hydrogen-bond donors (Lipinski definition) is 1. The second kappa shape index (κ2) is 8.09. The first-order valence-corrected chi connectivity index (χ1v) is 6.75. The molecule has 0 spiro atoms. The van der Waals surface area contributed by atoms with E-state index in [4.69, 9.17) is 4.74 Å². The summed E-state index contributed by atoms with van der Waals surface area (Å²) in [7, 11) is 0. The first-order valence-electron chi connectivity index (χ1n) is 6.75. The Bertz CT molecular complexity index is 352. The van der Waals surface area contributed by atoms with Crippen LogP contribution in [0.4, 0.5) is 4.39 Å². The van der Waals surface area contributed by atoms with Crippen LogP contribution in [0.25, 0.3) is 0 Å². The predicted molar refractivity (Wildman–Crippen MR) is 73.3 cm³/mol. The van der Waals surface area contributed by atoms with Crippen molar-refractivity contribution in [1.29, 1.82) is 0 Å². The number of hydrogen-bond acceptors (Lipinski definition) is 2. The van der Waals surface area contributed by atoms with Crippen molar-refractivity contribution in [2.45, 2.75) is 40.2 Å². The molecule has 3 heteroatoms. The predicted octanol–water partition coefficient (Wildman–Crippen LogP) is 3.75. The first kappa shape index (κ1) is 15.0. The molecule has 0 amide bonds. The molecular weight excluding hydrogens is 229 g/mol. The quantitative estimate of drug-likeness (QED) is 0.712. The van der Waals surface area contributed by atoms with Gasteiger partial charge in [0.25, 0.3) is 0 Å². The topological polar surface area (TPSA) is 21.3 Å². The van der Waals surface area contributed by atoms with Gasteiger partial charge in [0.2, 0.25) is 0 Å². The molecule has 1 N–H and O–H groups in total. The third kappa shape index (κ3) is 5.50. The molecule has 0 aliphatic carbocycles. The third-order valence-electron chi connectivity index (χ3n) is 2.77. The van der Waals surface area contributed by atoms with Crippen LogP contribution in [0.5, 0.6) is 5.75 Å². The molecule has 1 aromatic rings. The molecule has 102 valence electrons. The minimum Gasteiger partial charge on any atom is -0.493 e. The normalized spacial score (nSPS) is 10.9. The van der Waals surface area contributed by atoms with Crippen molar-refractivity contribution in [2.75, 3.05) is 13.2 Å². The molecule has 0 saturated heterocycles. The minimum absolute atomic E-state index is 0.211. The fourth-order valence-electron chi connectivity index (χ4n) is 1.76. The lowest BCUT2D eigenvalue weighted by atomic mass is 10.1. The van der Waals surface area contributed by atoms with E-state index in [2.05, 4.69) is 19.2 Å². The smallest absolute Gasteiger partial charge is 0.123 e. The molecule has 0 aliphatic rings. The Balaban J connectivity index is 2.52. The molecule has 1 rings (SSSR count). The Hall–Kier alpha value is -1.09. The highest BCUT2D eigenvalue weighted by Crippen LogP contribution is 2.20. The Labute approximate surface area is 110 Å². The molecule has 0 atom stereocenters. The maximum absolute atomic E-state index is 13.2. The molecule has 0 aliphatic heterocycles. The highest BCUT2D eigenvalue weighted by atomic mass is 19.1. The molecule has 18 heavy (non-hydrogen) atoms. The van der Waals surface area contributed by atoms with E-state index in [9.17, 15) is 4.39 Å². The SMILES string of the molecule is CCNCc1cc(F)ccc1OCCCC(C)C. The second-order valence-electron chi connectivity index (χ2n) is 4.92. The van der Waals surface area contributed by atoms with Crippen molar-refractivity contribution in [1.82, 2.24) is 5.32 Å². The molecule has 0 saturated carbocycles. The van der Waals surface area contributed by atoms with E-state index in [-0.39, 0.29) is 5.82 Å². The molecule has 0 radical (unpaired) electrons. The average Bonchev–Trinajstić information content (AvgIpc) is 2.33. The zero-order chi connectivity index (χ0) is 13.4. The van der Waals surface area contributed by atoms with Gasteiger partial charge in [-0.3, -0.25) is 0 Å². The number of benzene rings is 1. The van der Waals surface area contributed by atoms with Gasteiger partial charge >= 0.3 is 0 Å². The highest BCUT2D eigenvalue weighted by molar-refractivity contribution is 5.33. The van der Waals surface area contributed by atoms with Gasteiger partial charge in [-0.15, -0.1) is 0 Å². The lowest BCUT2D eigenvalue weighted by molar-refractivity contribution is 0.294. The van der Waals surface area contributed by atoms with Gasteiger partial charge in [-0.05, 0) is 43.5 Å². The van der Waals surface area contributed by atoms with Crippen LogP contribution in [0, 0.1) is 11.7 Å². The summed E-state index contributed by atoms with van der Waals surface area (Å²) in [5.74, 6) is 1.28. The molecule has 0 aromatic heterocycles. The fourth-order valence-corrected chi connectivity index (χ4v) is 1.76. The van der Waals surface area contributed by atoms with Gasteiger partial charge in [0.1, 0.15) is 11.6 Å². The Kier molecular flexibility index (Phi) is 6.73. The van der Waals surface area contributed by atoms with Crippen LogP contribution in [0.2, 0.25) is 0 Å². The van der Waals surface area contributed by atoms with Gasteiger partial charge < -0.3 is 10.1 Å². The lowest BCUT2D eigenvalue weighted by Crippen LogP contribution is -2.13. The van der Waals surface area contributed by atoms with Gasteiger partial charge in [-0.1, -0.05) is 20.8 Å². The highest BCUT2D eigenvalue weighted by Gasteiger charge is 2.05. The molecule has 1 aromatic carbocycles. The van der Waals surface area contributed by atoms with Crippen molar-refractivity contribution in [3.05, 3.63) is 29.6 Å². The van der Waals surface area contributed by atoms with Crippen molar-refractivity contribution < 1.29 is 9.13 Å². The van der Waals surface area contributed by atoms with E-state index in [0.29, 0.717) is 19.1 Å². The number of halogens is 1. The molecule has 0 bridgehead atoms. The zero-order valence-electron chi connectivity index (χ0n) is 11.6. The summed E-state index contributed by atoms with van der Waals surface area (Å²) < 4.78 is 18.9. The molecule has 0 unspecified atom stereocenters. The van der Waals surface area contributed by atoms with Gasteiger partial charge in [-0.25, -0.2) is 4.39 Å². The van der Waals surface area contributed by atoms with Crippen molar-refractivity contribution in [3.8, 4) is 5.75 Å². The second-order valence-corrected chi connectivity index (χ2v) is 4.92. The largest absolute Gasteiger partial charge is 0.493 e.